The molecule has 0 saturated heterocycles. The maximum absolute atomic E-state index is 12.8. The highest BCUT2D eigenvalue weighted by molar-refractivity contribution is 6.00. The average molecular weight is 403 g/mol. The molecule has 0 aliphatic carbocycles. The molecule has 0 spiro atoms. The number of rotatable bonds is 5. The number of esters is 2. The molecular weight excluding hydrogens is 382 g/mol. The average Bonchev–Trinajstić information content (AvgIpc) is 2.65. The van der Waals surface area contributed by atoms with Crippen molar-refractivity contribution in [1.82, 2.24) is 5.32 Å². The van der Waals surface area contributed by atoms with Gasteiger partial charge in [-0.3, -0.25) is 10.1 Å². The van der Waals surface area contributed by atoms with Crippen molar-refractivity contribution in [2.45, 2.75) is 32.8 Å². The molecule has 1 heterocycles. The summed E-state index contributed by atoms with van der Waals surface area (Å²) >= 11 is 0. The van der Waals surface area contributed by atoms with Crippen molar-refractivity contribution in [2.24, 2.45) is 0 Å². The molecule has 10 nitrogen and oxygen atoms in total. The summed E-state index contributed by atoms with van der Waals surface area (Å²) in [5.41, 5.74) is 0.251. The summed E-state index contributed by atoms with van der Waals surface area (Å²) < 4.78 is 10.1. The third kappa shape index (κ3) is 4.77. The number of nitrogens with zero attached hydrogens (tertiary/aromatic N) is 2. The van der Waals surface area contributed by atoms with Crippen molar-refractivity contribution < 1.29 is 29.5 Å². The van der Waals surface area contributed by atoms with Crippen LogP contribution >= 0.6 is 0 Å². The number of hydrogen-bond acceptors (Lipinski definition) is 8. The predicted octanol–water partition coefficient (Wildman–Crippen LogP) is 1.63. The van der Waals surface area contributed by atoms with E-state index >= 15 is 0 Å². The van der Waals surface area contributed by atoms with E-state index in [-0.39, 0.29) is 28.0 Å². The minimum Gasteiger partial charge on any atom is -0.466 e. The number of nitro groups is 1. The molecule has 0 radical (unpaired) electrons. The minimum atomic E-state index is -1.06. The van der Waals surface area contributed by atoms with Gasteiger partial charge in [-0.25, -0.2) is 9.59 Å². The number of nitriles is 1. The Bertz CT molecular complexity index is 941. The normalized spacial score (nSPS) is 15.8. The molecule has 29 heavy (non-hydrogen) atoms. The fourth-order valence-corrected chi connectivity index (χ4v) is 2.95. The molecule has 1 aliphatic heterocycles. The lowest BCUT2D eigenvalue weighted by molar-refractivity contribution is -0.384. The number of allylic oxidation sites excluding steroid dienone is 2. The van der Waals surface area contributed by atoms with Crippen LogP contribution in [0.3, 0.4) is 0 Å². The second-order valence-electron chi connectivity index (χ2n) is 6.29. The molecule has 154 valence electrons. The summed E-state index contributed by atoms with van der Waals surface area (Å²) in [5.74, 6) is -2.59. The molecule has 0 bridgehead atoms. The molecule has 1 aromatic rings. The number of hydrogen-bond donors (Lipinski definition) is 1. The van der Waals surface area contributed by atoms with Crippen molar-refractivity contribution in [3.05, 3.63) is 62.5 Å². The van der Waals surface area contributed by atoms with Crippen molar-refractivity contribution in [3.63, 3.8) is 0 Å². The van der Waals surface area contributed by atoms with Crippen molar-refractivity contribution in [2.75, 3.05) is 7.11 Å². The second kappa shape index (κ2) is 9.48. The number of carbonyl (C=O) groups excluding carboxylic acids is 2. The number of ether oxygens (including phenoxy) is 2. The second-order valence-corrected chi connectivity index (χ2v) is 6.29. The van der Waals surface area contributed by atoms with Crippen LogP contribution in [0.4, 0.5) is 5.69 Å². The molecule has 1 aromatic carbocycles. The first kappa shape index (κ1) is 23.3. The van der Waals surface area contributed by atoms with Crippen LogP contribution in [0.25, 0.3) is 0 Å². The zero-order valence-corrected chi connectivity index (χ0v) is 16.3. The molecule has 3 N–H and O–H groups in total. The quantitative estimate of drug-likeness (QED) is 0.440. The number of nitro benzene ring substituents is 1. The number of benzene rings is 1. The van der Waals surface area contributed by atoms with Crippen LogP contribution in [-0.2, 0) is 19.1 Å². The van der Waals surface area contributed by atoms with Gasteiger partial charge in [0.2, 0.25) is 0 Å². The van der Waals surface area contributed by atoms with E-state index in [2.05, 4.69) is 5.32 Å². The topological polar surface area (TPSA) is 163 Å². The Hall–Kier alpha value is -3.71. The largest absolute Gasteiger partial charge is 0.466 e. The van der Waals surface area contributed by atoms with Gasteiger partial charge in [-0.1, -0.05) is 12.1 Å². The lowest BCUT2D eigenvalue weighted by Crippen LogP contribution is -2.33. The summed E-state index contributed by atoms with van der Waals surface area (Å²) in [6.07, 6.45) is -0.429. The van der Waals surface area contributed by atoms with E-state index in [1.807, 2.05) is 6.07 Å². The Morgan fingerprint density at radius 1 is 1.28 bits per heavy atom. The number of nitrogens with one attached hydrogen (secondary N) is 1. The molecule has 1 aliphatic rings. The van der Waals surface area contributed by atoms with Gasteiger partial charge < -0.3 is 20.3 Å². The lowest BCUT2D eigenvalue weighted by atomic mass is 9.80. The molecule has 2 rings (SSSR count). The van der Waals surface area contributed by atoms with Gasteiger partial charge in [0, 0.05) is 17.8 Å². The number of non-ortho nitro benzene ring substituents is 1. The van der Waals surface area contributed by atoms with E-state index in [1.165, 1.54) is 24.3 Å². The van der Waals surface area contributed by atoms with Gasteiger partial charge in [0.25, 0.3) is 5.69 Å². The van der Waals surface area contributed by atoms with Crippen LogP contribution in [-0.4, -0.2) is 35.6 Å². The Kier molecular flexibility index (Phi) is 7.62. The summed E-state index contributed by atoms with van der Waals surface area (Å²) in [7, 11) is 1.14. The van der Waals surface area contributed by atoms with Gasteiger partial charge in [-0.05, 0) is 26.3 Å². The van der Waals surface area contributed by atoms with Crippen LogP contribution in [0.15, 0.2) is 46.8 Å². The Balaban J connectivity index is 0.00000420. The van der Waals surface area contributed by atoms with E-state index in [1.54, 1.807) is 20.8 Å². The number of methoxy groups -OCH3 is 1. The molecule has 0 saturated carbocycles. The highest BCUT2D eigenvalue weighted by Gasteiger charge is 2.39. The molecule has 0 fully saturated rings. The molecule has 0 aromatic heterocycles. The van der Waals surface area contributed by atoms with Gasteiger partial charge in [-0.15, -0.1) is 0 Å². The Labute approximate surface area is 166 Å². The summed E-state index contributed by atoms with van der Waals surface area (Å²) in [6.45, 7) is 4.90. The van der Waals surface area contributed by atoms with Crippen LogP contribution in [0.2, 0.25) is 0 Å². The SMILES string of the molecule is COC(=O)C1=C(C#N)NC(C)=C(C(=O)OC(C)C)C1c1cccc([N+](=O)[O-])c1.O. The zero-order chi connectivity index (χ0) is 21.0. The van der Waals surface area contributed by atoms with Crippen LogP contribution in [0, 0.1) is 21.4 Å². The van der Waals surface area contributed by atoms with Crippen molar-refractivity contribution in [3.8, 4) is 6.07 Å². The highest BCUT2D eigenvalue weighted by Crippen LogP contribution is 2.40. The van der Waals surface area contributed by atoms with Gasteiger partial charge in [0.05, 0.1) is 35.2 Å². The standard InChI is InChI=1S/C19H19N3O6.H2O/c1-10(2)28-19(24)15-11(3)21-14(9-20)17(18(23)27-4)16(15)12-6-5-7-13(8-12)22(25)26;/h5-8,10,16,21H,1-4H3;1H2. The van der Waals surface area contributed by atoms with Crippen LogP contribution < -0.4 is 5.32 Å². The Morgan fingerprint density at radius 2 is 1.93 bits per heavy atom. The number of dihydropyridines is 1. The van der Waals surface area contributed by atoms with Gasteiger partial charge in [-0.2, -0.15) is 5.26 Å². The Morgan fingerprint density at radius 3 is 2.45 bits per heavy atom. The van der Waals surface area contributed by atoms with Crippen LogP contribution in [0.5, 0.6) is 0 Å². The minimum absolute atomic E-state index is 0. The molecule has 1 atom stereocenters. The van der Waals surface area contributed by atoms with Crippen LogP contribution in [0.1, 0.15) is 32.3 Å². The van der Waals surface area contributed by atoms with E-state index in [0.717, 1.165) is 7.11 Å². The third-order valence-corrected chi connectivity index (χ3v) is 4.06. The van der Waals surface area contributed by atoms with E-state index in [0.29, 0.717) is 11.3 Å². The first-order valence-corrected chi connectivity index (χ1v) is 8.36. The van der Waals surface area contributed by atoms with Gasteiger partial charge in [0.15, 0.2) is 0 Å². The summed E-state index contributed by atoms with van der Waals surface area (Å²) in [5, 5.41) is 23.4. The highest BCUT2D eigenvalue weighted by atomic mass is 16.6. The zero-order valence-electron chi connectivity index (χ0n) is 16.3. The van der Waals surface area contributed by atoms with E-state index < -0.39 is 28.9 Å². The lowest BCUT2D eigenvalue weighted by Gasteiger charge is -2.29. The van der Waals surface area contributed by atoms with E-state index in [4.69, 9.17) is 9.47 Å². The summed E-state index contributed by atoms with van der Waals surface area (Å²) in [4.78, 5) is 35.8. The molecule has 10 heteroatoms. The smallest absolute Gasteiger partial charge is 0.337 e. The molecular formula is C19H21N3O7. The van der Waals surface area contributed by atoms with Gasteiger partial charge in [0.1, 0.15) is 11.8 Å². The third-order valence-electron chi connectivity index (χ3n) is 4.06. The van der Waals surface area contributed by atoms with E-state index in [9.17, 15) is 25.0 Å². The monoisotopic (exact) mass is 403 g/mol. The summed E-state index contributed by atoms with van der Waals surface area (Å²) in [6, 6.07) is 7.41. The number of carbonyl (C=O) groups is 2. The first-order valence-electron chi connectivity index (χ1n) is 8.36. The van der Waals surface area contributed by atoms with Gasteiger partial charge >= 0.3 is 11.9 Å². The van der Waals surface area contributed by atoms with Crippen molar-refractivity contribution >= 4 is 17.6 Å². The predicted molar refractivity (Wildman–Crippen MR) is 101 cm³/mol. The molecule has 1 unspecified atom stereocenters. The fraction of sp³-hybridized carbons (Fsp3) is 0.316. The van der Waals surface area contributed by atoms with Crippen molar-refractivity contribution in [1.29, 1.82) is 5.26 Å². The molecule has 0 amide bonds. The first-order chi connectivity index (χ1) is 13.2. The fourth-order valence-electron chi connectivity index (χ4n) is 2.95. The maximum Gasteiger partial charge on any atom is 0.337 e. The maximum atomic E-state index is 12.8.